The molecule has 2 aliphatic heterocycles. The molecule has 2 aromatic rings. The molecule has 0 aromatic heterocycles. The number of halogens is 4. The van der Waals surface area contributed by atoms with Crippen LogP contribution in [0.25, 0.3) is 0 Å². The molecule has 0 amide bonds. The fourth-order valence-corrected chi connectivity index (χ4v) is 3.59. The van der Waals surface area contributed by atoms with Gasteiger partial charge in [0, 0.05) is 37.9 Å². The number of carboxylic acids is 2. The number of ether oxygens (including phenoxy) is 2. The zero-order chi connectivity index (χ0) is 24.8. The number of benzene rings is 2. The lowest BCUT2D eigenvalue weighted by atomic mass is 10.1. The summed E-state index contributed by atoms with van der Waals surface area (Å²) < 4.78 is 63.7. The first kappa shape index (κ1) is 25.2. The van der Waals surface area contributed by atoms with Crippen LogP contribution < -0.4 is 9.80 Å². The average Bonchev–Trinajstić information content (AvgIpc) is 2.79. The van der Waals surface area contributed by atoms with E-state index in [0.29, 0.717) is 64.4 Å². The molecule has 0 saturated carbocycles. The summed E-state index contributed by atoms with van der Waals surface area (Å²) in [6.45, 7) is 3.71. The first-order chi connectivity index (χ1) is 16.2. The van der Waals surface area contributed by atoms with Gasteiger partial charge < -0.3 is 29.5 Å². The summed E-state index contributed by atoms with van der Waals surface area (Å²) in [6, 6.07) is 3.70. The van der Waals surface area contributed by atoms with Gasteiger partial charge in [0.15, 0.2) is 0 Å². The van der Waals surface area contributed by atoms with Crippen LogP contribution in [0.1, 0.15) is 20.7 Å². The Labute approximate surface area is 191 Å². The Morgan fingerprint density at radius 1 is 0.676 bits per heavy atom. The second-order valence-corrected chi connectivity index (χ2v) is 7.38. The molecule has 2 heterocycles. The second-order valence-electron chi connectivity index (χ2n) is 7.38. The van der Waals surface area contributed by atoms with Crippen molar-refractivity contribution < 1.29 is 46.8 Å². The predicted molar refractivity (Wildman–Crippen MR) is 113 cm³/mol. The highest BCUT2D eigenvalue weighted by Crippen LogP contribution is 2.26. The van der Waals surface area contributed by atoms with Crippen LogP contribution in [0.2, 0.25) is 0 Å². The molecule has 34 heavy (non-hydrogen) atoms. The summed E-state index contributed by atoms with van der Waals surface area (Å²) in [4.78, 5) is 25.0. The van der Waals surface area contributed by atoms with Crippen molar-refractivity contribution >= 4 is 23.3 Å². The topological polar surface area (TPSA) is 99.5 Å². The van der Waals surface area contributed by atoms with Crippen LogP contribution in [-0.2, 0) is 9.47 Å². The maximum atomic E-state index is 13.4. The summed E-state index contributed by atoms with van der Waals surface area (Å²) in [5, 5.41) is 17.6. The smallest absolute Gasteiger partial charge is 0.341 e. The number of morpholine rings is 2. The van der Waals surface area contributed by atoms with Crippen molar-refractivity contribution in [3.05, 3.63) is 58.7 Å². The van der Waals surface area contributed by atoms with E-state index in [1.54, 1.807) is 9.80 Å². The fourth-order valence-electron chi connectivity index (χ4n) is 3.59. The van der Waals surface area contributed by atoms with Crippen LogP contribution in [0, 0.1) is 23.3 Å². The summed E-state index contributed by atoms with van der Waals surface area (Å²) in [7, 11) is 0. The first-order valence-electron chi connectivity index (χ1n) is 10.3. The molecule has 2 fully saturated rings. The molecular weight excluding hydrogens is 464 g/mol. The summed E-state index contributed by atoms with van der Waals surface area (Å²) >= 11 is 0. The lowest BCUT2D eigenvalue weighted by Crippen LogP contribution is -2.37. The van der Waals surface area contributed by atoms with E-state index in [4.69, 9.17) is 19.7 Å². The van der Waals surface area contributed by atoms with Gasteiger partial charge in [-0.2, -0.15) is 0 Å². The van der Waals surface area contributed by atoms with Gasteiger partial charge in [0.1, 0.15) is 34.4 Å². The van der Waals surface area contributed by atoms with E-state index >= 15 is 0 Å². The largest absolute Gasteiger partial charge is 0.478 e. The number of rotatable bonds is 4. The Morgan fingerprint density at radius 2 is 1.12 bits per heavy atom. The number of carbonyl (C=O) groups is 2. The molecule has 0 radical (unpaired) electrons. The van der Waals surface area contributed by atoms with Crippen LogP contribution in [0.5, 0.6) is 0 Å². The van der Waals surface area contributed by atoms with Gasteiger partial charge in [-0.3, -0.25) is 0 Å². The number of hydrogen-bond acceptors (Lipinski definition) is 6. The number of nitrogens with zero attached hydrogens (tertiary/aromatic N) is 2. The Balaban J connectivity index is 0.000000191. The number of carboxylic acid groups (broad SMARTS) is 2. The minimum atomic E-state index is -1.60. The Hall–Kier alpha value is -3.38. The van der Waals surface area contributed by atoms with Crippen molar-refractivity contribution in [3.8, 4) is 0 Å². The third kappa shape index (κ3) is 5.94. The number of aromatic carboxylic acids is 2. The van der Waals surface area contributed by atoms with Gasteiger partial charge in [-0.1, -0.05) is 0 Å². The molecule has 2 aliphatic rings. The molecular formula is C22H22F4N2O6. The van der Waals surface area contributed by atoms with Gasteiger partial charge >= 0.3 is 11.9 Å². The van der Waals surface area contributed by atoms with Gasteiger partial charge in [-0.05, 0) is 18.2 Å². The molecule has 8 nitrogen and oxygen atoms in total. The maximum absolute atomic E-state index is 13.4. The first-order valence-corrected chi connectivity index (χ1v) is 10.3. The zero-order valence-electron chi connectivity index (χ0n) is 17.9. The van der Waals surface area contributed by atoms with Crippen molar-refractivity contribution in [1.82, 2.24) is 0 Å². The lowest BCUT2D eigenvalue weighted by molar-refractivity contribution is 0.0677. The third-order valence-electron chi connectivity index (χ3n) is 5.22. The van der Waals surface area contributed by atoms with Crippen molar-refractivity contribution in [2.45, 2.75) is 0 Å². The van der Waals surface area contributed by atoms with E-state index in [2.05, 4.69) is 0 Å². The number of hydrogen-bond donors (Lipinski definition) is 2. The minimum Gasteiger partial charge on any atom is -0.478 e. The summed E-state index contributed by atoms with van der Waals surface area (Å²) in [6.07, 6.45) is 0. The molecule has 0 bridgehead atoms. The van der Waals surface area contributed by atoms with Crippen LogP contribution >= 0.6 is 0 Å². The van der Waals surface area contributed by atoms with E-state index in [1.165, 1.54) is 0 Å². The van der Waals surface area contributed by atoms with Crippen LogP contribution in [0.3, 0.4) is 0 Å². The lowest BCUT2D eigenvalue weighted by Gasteiger charge is -2.30. The summed E-state index contributed by atoms with van der Waals surface area (Å²) in [5.74, 6) is -6.96. The minimum absolute atomic E-state index is 0.0679. The monoisotopic (exact) mass is 486 g/mol. The van der Waals surface area contributed by atoms with Crippen LogP contribution in [0.4, 0.5) is 28.9 Å². The van der Waals surface area contributed by atoms with Gasteiger partial charge in [0.25, 0.3) is 0 Å². The van der Waals surface area contributed by atoms with E-state index < -0.39 is 46.3 Å². The van der Waals surface area contributed by atoms with Crippen LogP contribution in [0.15, 0.2) is 24.3 Å². The molecule has 4 rings (SSSR count). The zero-order valence-corrected chi connectivity index (χ0v) is 17.9. The Bertz CT molecular complexity index is 1030. The molecule has 0 spiro atoms. The van der Waals surface area contributed by atoms with Crippen molar-refractivity contribution in [2.24, 2.45) is 0 Å². The molecule has 0 unspecified atom stereocenters. The highest BCUT2D eigenvalue weighted by molar-refractivity contribution is 5.94. The molecule has 0 atom stereocenters. The maximum Gasteiger partial charge on any atom is 0.341 e. The van der Waals surface area contributed by atoms with Crippen molar-refractivity contribution in [2.75, 3.05) is 62.4 Å². The molecule has 2 N–H and O–H groups in total. The molecule has 2 aromatic carbocycles. The molecule has 0 aliphatic carbocycles. The second kappa shape index (κ2) is 11.2. The van der Waals surface area contributed by atoms with Crippen molar-refractivity contribution in [1.29, 1.82) is 0 Å². The normalized spacial score (nSPS) is 16.0. The Kier molecular flexibility index (Phi) is 8.29. The fraction of sp³-hybridized carbons (Fsp3) is 0.364. The predicted octanol–water partition coefficient (Wildman–Crippen LogP) is 3.00. The molecule has 2 saturated heterocycles. The molecule has 12 heteroatoms. The number of anilines is 2. The van der Waals surface area contributed by atoms with Gasteiger partial charge in [0.2, 0.25) is 0 Å². The average molecular weight is 486 g/mol. The van der Waals surface area contributed by atoms with E-state index in [0.717, 1.165) is 18.2 Å². The van der Waals surface area contributed by atoms with Gasteiger partial charge in [-0.25, -0.2) is 27.2 Å². The highest BCUT2D eigenvalue weighted by Gasteiger charge is 2.23. The highest BCUT2D eigenvalue weighted by atomic mass is 19.1. The quantitative estimate of drug-likeness (QED) is 0.637. The van der Waals surface area contributed by atoms with Crippen molar-refractivity contribution in [3.63, 3.8) is 0 Å². The van der Waals surface area contributed by atoms with Crippen LogP contribution in [-0.4, -0.2) is 74.8 Å². The SMILES string of the molecule is O=C(O)c1c(F)cc(F)cc1N1CCOCC1.O=C(O)c1c(F)cc(N2CCOCC2)cc1F. The van der Waals surface area contributed by atoms with E-state index in [-0.39, 0.29) is 5.69 Å². The standard InChI is InChI=1S/2C11H11F2NO3/c12-8-5-7(14-1-3-17-4-2-14)6-9(13)10(8)11(15)16;12-7-5-8(13)10(11(15)16)9(6-7)14-1-3-17-4-2-14/h2*5-6H,1-4H2,(H,15,16). The van der Waals surface area contributed by atoms with Gasteiger partial charge in [-0.15, -0.1) is 0 Å². The summed E-state index contributed by atoms with van der Waals surface area (Å²) in [5.41, 5.74) is -0.998. The van der Waals surface area contributed by atoms with Gasteiger partial charge in [0.05, 0.1) is 32.1 Å². The Morgan fingerprint density at radius 3 is 1.59 bits per heavy atom. The van der Waals surface area contributed by atoms with E-state index in [9.17, 15) is 27.2 Å². The van der Waals surface area contributed by atoms with E-state index in [1.807, 2.05) is 0 Å². The molecule has 184 valence electrons. The third-order valence-corrected chi connectivity index (χ3v) is 5.22.